The Morgan fingerprint density at radius 3 is 2.55 bits per heavy atom. The fourth-order valence-electron chi connectivity index (χ4n) is 1.74. The van der Waals surface area contributed by atoms with E-state index in [1.165, 1.54) is 19.2 Å². The molecule has 0 saturated heterocycles. The molecule has 0 aliphatic carbocycles. The number of halogens is 1. The first-order valence-electron chi connectivity index (χ1n) is 5.90. The van der Waals surface area contributed by atoms with E-state index in [2.05, 4.69) is 5.32 Å². The molecule has 0 saturated carbocycles. The van der Waals surface area contributed by atoms with Crippen molar-refractivity contribution in [3.63, 3.8) is 0 Å². The number of anilines is 1. The van der Waals surface area contributed by atoms with Crippen LogP contribution in [0.4, 0.5) is 11.4 Å². The maximum Gasteiger partial charge on any atom is 0.273 e. The van der Waals surface area contributed by atoms with Crippen LogP contribution in [0.2, 0.25) is 5.02 Å². The van der Waals surface area contributed by atoms with Crippen LogP contribution in [0.3, 0.4) is 0 Å². The number of hydrogen-bond donors (Lipinski definition) is 1. The van der Waals surface area contributed by atoms with E-state index in [1.807, 2.05) is 12.1 Å². The number of nitro benzene ring substituents is 1. The Morgan fingerprint density at radius 1 is 1.25 bits per heavy atom. The Kier molecular flexibility index (Phi) is 4.42. The fraction of sp³-hybridized carbons (Fsp3) is 0.143. The number of methoxy groups -OCH3 is 1. The number of nitrogens with one attached hydrogen (secondary N) is 1. The van der Waals surface area contributed by atoms with Gasteiger partial charge in [0, 0.05) is 23.3 Å². The van der Waals surface area contributed by atoms with Gasteiger partial charge in [-0.15, -0.1) is 0 Å². The second kappa shape index (κ2) is 6.25. The molecule has 20 heavy (non-hydrogen) atoms. The zero-order valence-corrected chi connectivity index (χ0v) is 11.6. The van der Waals surface area contributed by atoms with E-state index in [1.54, 1.807) is 18.2 Å². The topological polar surface area (TPSA) is 64.4 Å². The first kappa shape index (κ1) is 14.1. The van der Waals surface area contributed by atoms with Crippen molar-refractivity contribution in [2.75, 3.05) is 12.4 Å². The van der Waals surface area contributed by atoms with Crippen molar-refractivity contribution in [1.29, 1.82) is 0 Å². The molecule has 0 spiro atoms. The van der Waals surface area contributed by atoms with Gasteiger partial charge in [-0.05, 0) is 35.9 Å². The highest BCUT2D eigenvalue weighted by Gasteiger charge is 2.10. The van der Waals surface area contributed by atoms with E-state index in [9.17, 15) is 10.1 Å². The Bertz CT molecular complexity index is 614. The van der Waals surface area contributed by atoms with Crippen LogP contribution in [0.1, 0.15) is 5.56 Å². The molecule has 0 bridgehead atoms. The average Bonchev–Trinajstić information content (AvgIpc) is 2.46. The lowest BCUT2D eigenvalue weighted by Gasteiger charge is -2.08. The van der Waals surface area contributed by atoms with Gasteiger partial charge in [0.1, 0.15) is 5.75 Å². The van der Waals surface area contributed by atoms with Crippen molar-refractivity contribution in [2.24, 2.45) is 0 Å². The summed E-state index contributed by atoms with van der Waals surface area (Å²) in [5, 5.41) is 14.7. The molecule has 2 aromatic rings. The third kappa shape index (κ3) is 3.61. The number of nitro groups is 1. The maximum atomic E-state index is 10.8. The minimum atomic E-state index is -0.436. The predicted molar refractivity (Wildman–Crippen MR) is 78.4 cm³/mol. The molecule has 5 nitrogen and oxygen atoms in total. The number of benzene rings is 2. The maximum absolute atomic E-state index is 10.8. The molecule has 0 unspecified atom stereocenters. The third-order valence-electron chi connectivity index (χ3n) is 2.74. The third-order valence-corrected chi connectivity index (χ3v) is 2.99. The number of non-ortho nitro benzene ring substituents is 1. The van der Waals surface area contributed by atoms with Gasteiger partial charge in [0.2, 0.25) is 0 Å². The highest BCUT2D eigenvalue weighted by molar-refractivity contribution is 6.30. The van der Waals surface area contributed by atoms with Crippen molar-refractivity contribution in [3.8, 4) is 5.75 Å². The van der Waals surface area contributed by atoms with Crippen molar-refractivity contribution in [1.82, 2.24) is 0 Å². The van der Waals surface area contributed by atoms with Crippen LogP contribution in [0.15, 0.2) is 42.5 Å². The summed E-state index contributed by atoms with van der Waals surface area (Å²) < 4.78 is 5.06. The number of ether oxygens (including phenoxy) is 1. The van der Waals surface area contributed by atoms with Gasteiger partial charge in [-0.3, -0.25) is 10.1 Å². The van der Waals surface area contributed by atoms with Crippen LogP contribution in [-0.2, 0) is 6.54 Å². The molecule has 0 heterocycles. The summed E-state index contributed by atoms with van der Waals surface area (Å²) in [6, 6.07) is 11.9. The quantitative estimate of drug-likeness (QED) is 0.671. The van der Waals surface area contributed by atoms with E-state index in [0.29, 0.717) is 17.3 Å². The van der Waals surface area contributed by atoms with Crippen molar-refractivity contribution >= 4 is 23.0 Å². The van der Waals surface area contributed by atoms with Crippen LogP contribution < -0.4 is 10.1 Å². The van der Waals surface area contributed by atoms with Crippen molar-refractivity contribution < 1.29 is 9.66 Å². The molecule has 104 valence electrons. The van der Waals surface area contributed by atoms with Gasteiger partial charge in [-0.1, -0.05) is 11.6 Å². The summed E-state index contributed by atoms with van der Waals surface area (Å²) in [4.78, 5) is 10.4. The van der Waals surface area contributed by atoms with Gasteiger partial charge in [0.15, 0.2) is 0 Å². The SMILES string of the molecule is COc1cc(CNc2ccc(Cl)cc2)cc([N+](=O)[O-])c1. The average molecular weight is 293 g/mol. The largest absolute Gasteiger partial charge is 0.496 e. The van der Waals surface area contributed by atoms with Gasteiger partial charge in [-0.2, -0.15) is 0 Å². The molecule has 0 aromatic heterocycles. The fourth-order valence-corrected chi connectivity index (χ4v) is 1.87. The van der Waals surface area contributed by atoms with Crippen LogP contribution in [0.25, 0.3) is 0 Å². The lowest BCUT2D eigenvalue weighted by Crippen LogP contribution is -2.01. The van der Waals surface area contributed by atoms with E-state index < -0.39 is 4.92 Å². The number of rotatable bonds is 5. The van der Waals surface area contributed by atoms with Gasteiger partial charge in [0.05, 0.1) is 18.1 Å². The molecule has 0 fully saturated rings. The van der Waals surface area contributed by atoms with Crippen LogP contribution in [0, 0.1) is 10.1 Å². The first-order chi connectivity index (χ1) is 9.58. The Labute approximate surface area is 121 Å². The molecular weight excluding hydrogens is 280 g/mol. The van der Waals surface area contributed by atoms with Gasteiger partial charge in [0.25, 0.3) is 5.69 Å². The van der Waals surface area contributed by atoms with E-state index >= 15 is 0 Å². The van der Waals surface area contributed by atoms with Crippen LogP contribution >= 0.6 is 11.6 Å². The molecule has 0 radical (unpaired) electrons. The monoisotopic (exact) mass is 292 g/mol. The number of nitrogens with zero attached hydrogens (tertiary/aromatic N) is 1. The van der Waals surface area contributed by atoms with Crippen molar-refractivity contribution in [3.05, 3.63) is 63.2 Å². The Morgan fingerprint density at radius 2 is 1.95 bits per heavy atom. The summed E-state index contributed by atoms with van der Waals surface area (Å²) in [5.74, 6) is 0.465. The van der Waals surface area contributed by atoms with Gasteiger partial charge >= 0.3 is 0 Å². The smallest absolute Gasteiger partial charge is 0.273 e. The summed E-state index contributed by atoms with van der Waals surface area (Å²) >= 11 is 5.80. The van der Waals surface area contributed by atoms with Gasteiger partial charge in [-0.25, -0.2) is 0 Å². The standard InChI is InChI=1S/C14H13ClN2O3/c1-20-14-7-10(6-13(8-14)17(18)19)9-16-12-4-2-11(15)3-5-12/h2-8,16H,9H2,1H3. The van der Waals surface area contributed by atoms with Crippen LogP contribution in [0.5, 0.6) is 5.75 Å². The second-order valence-corrected chi connectivity index (χ2v) is 4.59. The zero-order chi connectivity index (χ0) is 14.5. The van der Waals surface area contributed by atoms with Gasteiger partial charge < -0.3 is 10.1 Å². The van der Waals surface area contributed by atoms with E-state index in [4.69, 9.17) is 16.3 Å². The van der Waals surface area contributed by atoms with E-state index in [-0.39, 0.29) is 5.69 Å². The first-order valence-corrected chi connectivity index (χ1v) is 6.28. The molecular formula is C14H13ClN2O3. The summed E-state index contributed by atoms with van der Waals surface area (Å²) in [6.07, 6.45) is 0. The zero-order valence-electron chi connectivity index (χ0n) is 10.8. The lowest BCUT2D eigenvalue weighted by molar-refractivity contribution is -0.385. The molecule has 0 atom stereocenters. The Hall–Kier alpha value is -2.27. The molecule has 0 amide bonds. The minimum absolute atomic E-state index is 0.0113. The summed E-state index contributed by atoms with van der Waals surface area (Å²) in [7, 11) is 1.48. The normalized spacial score (nSPS) is 10.1. The molecule has 2 aromatic carbocycles. The molecule has 6 heteroatoms. The second-order valence-electron chi connectivity index (χ2n) is 4.16. The van der Waals surface area contributed by atoms with E-state index in [0.717, 1.165) is 11.3 Å². The molecule has 1 N–H and O–H groups in total. The summed E-state index contributed by atoms with van der Waals surface area (Å²) in [5.41, 5.74) is 1.67. The molecule has 0 aliphatic heterocycles. The summed E-state index contributed by atoms with van der Waals surface area (Å²) in [6.45, 7) is 0.458. The molecule has 2 rings (SSSR count). The molecule has 0 aliphatic rings. The van der Waals surface area contributed by atoms with Crippen molar-refractivity contribution in [2.45, 2.75) is 6.54 Å². The highest BCUT2D eigenvalue weighted by atomic mass is 35.5. The number of hydrogen-bond acceptors (Lipinski definition) is 4. The minimum Gasteiger partial charge on any atom is -0.496 e. The predicted octanol–water partition coefficient (Wildman–Crippen LogP) is 3.87. The Balaban J connectivity index is 2.14. The highest BCUT2D eigenvalue weighted by Crippen LogP contribution is 2.23. The van der Waals surface area contributed by atoms with Crippen LogP contribution in [-0.4, -0.2) is 12.0 Å². The lowest BCUT2D eigenvalue weighted by atomic mass is 10.2.